The first-order chi connectivity index (χ1) is 12.0. The lowest BCUT2D eigenvalue weighted by Crippen LogP contribution is -2.56. The van der Waals surface area contributed by atoms with Crippen LogP contribution in [0, 0.1) is 23.2 Å². The average Bonchev–Trinajstić information content (AvgIpc) is 2.57. The van der Waals surface area contributed by atoms with Crippen LogP contribution in [0.1, 0.15) is 53.9 Å². The number of rotatable bonds is 7. The second-order valence-electron chi connectivity index (χ2n) is 7.76. The smallest absolute Gasteiger partial charge is 0.407 e. The summed E-state index contributed by atoms with van der Waals surface area (Å²) < 4.78 is 11.8. The summed E-state index contributed by atoms with van der Waals surface area (Å²) in [5.41, 5.74) is 1.26. The minimum atomic E-state index is -0.303. The van der Waals surface area contributed by atoms with Crippen molar-refractivity contribution in [3.8, 4) is 0 Å². The molecule has 1 saturated heterocycles. The van der Waals surface area contributed by atoms with Gasteiger partial charge in [0.25, 0.3) is 0 Å². The van der Waals surface area contributed by atoms with Crippen LogP contribution in [-0.2, 0) is 9.47 Å². The molecule has 25 heavy (non-hydrogen) atoms. The summed E-state index contributed by atoms with van der Waals surface area (Å²) in [5.74, 6) is 1.10. The summed E-state index contributed by atoms with van der Waals surface area (Å²) in [6.45, 7) is 12.6. The van der Waals surface area contributed by atoms with Crippen molar-refractivity contribution in [3.63, 3.8) is 0 Å². The standard InChI is InChI=1S/C21H35NO3/c1-6-8-9-11-22-20(23)25-14-21-13-24-18(10-7-2)19(17(21)5)15(3)12-16(21)4/h7,10,12,16-19H,6,8-9,11,13-14H2,1-5H3,(H,22,23)/b10-7+/t16-,17+,18+,19+,21+/m0/s1. The largest absolute Gasteiger partial charge is 0.449 e. The van der Waals surface area contributed by atoms with Gasteiger partial charge in [-0.1, -0.05) is 57.4 Å². The number of hydrogen-bond acceptors (Lipinski definition) is 3. The van der Waals surface area contributed by atoms with E-state index < -0.39 is 0 Å². The Bertz CT molecular complexity index is 513. The second kappa shape index (κ2) is 8.88. The van der Waals surface area contributed by atoms with Crippen molar-refractivity contribution in [1.29, 1.82) is 0 Å². The molecule has 0 aromatic rings. The van der Waals surface area contributed by atoms with Gasteiger partial charge in [0.1, 0.15) is 6.61 Å². The normalized spacial score (nSPS) is 34.7. The first kappa shape index (κ1) is 20.0. The third-order valence-electron chi connectivity index (χ3n) is 6.19. The number of nitrogens with one attached hydrogen (secondary N) is 1. The molecule has 1 amide bonds. The molecular weight excluding hydrogens is 314 g/mol. The molecule has 1 fully saturated rings. The minimum absolute atomic E-state index is 0.125. The molecule has 1 aliphatic carbocycles. The van der Waals surface area contributed by atoms with Gasteiger partial charge >= 0.3 is 6.09 Å². The van der Waals surface area contributed by atoms with E-state index in [4.69, 9.17) is 9.47 Å². The molecule has 2 bridgehead atoms. The van der Waals surface area contributed by atoms with Gasteiger partial charge in [-0.2, -0.15) is 0 Å². The SMILES string of the molecule is C/C=C/[C@H]1OC[C@]2(COC(=O)NCCCCC)[C@H](C)[C@H]1C(C)=C[C@@H]2C. The summed E-state index contributed by atoms with van der Waals surface area (Å²) >= 11 is 0. The van der Waals surface area contributed by atoms with E-state index in [1.165, 1.54) is 5.57 Å². The Morgan fingerprint density at radius 2 is 2.20 bits per heavy atom. The molecule has 0 radical (unpaired) electrons. The lowest BCUT2D eigenvalue weighted by Gasteiger charge is -2.54. The van der Waals surface area contributed by atoms with Crippen molar-refractivity contribution in [2.75, 3.05) is 19.8 Å². The topological polar surface area (TPSA) is 47.6 Å². The molecule has 2 rings (SSSR count). The zero-order valence-electron chi connectivity index (χ0n) is 16.5. The van der Waals surface area contributed by atoms with Crippen LogP contribution in [0.25, 0.3) is 0 Å². The fourth-order valence-electron chi connectivity index (χ4n) is 4.49. The van der Waals surface area contributed by atoms with Crippen LogP contribution in [0.15, 0.2) is 23.8 Å². The molecule has 5 atom stereocenters. The zero-order valence-corrected chi connectivity index (χ0v) is 16.5. The Morgan fingerprint density at radius 3 is 2.88 bits per heavy atom. The summed E-state index contributed by atoms with van der Waals surface area (Å²) in [4.78, 5) is 12.1. The number of unbranched alkanes of at least 4 members (excludes halogenated alkanes) is 2. The number of carbonyl (C=O) groups excluding carboxylic acids is 1. The fourth-order valence-corrected chi connectivity index (χ4v) is 4.49. The van der Waals surface area contributed by atoms with Gasteiger partial charge < -0.3 is 14.8 Å². The molecule has 4 nitrogen and oxygen atoms in total. The van der Waals surface area contributed by atoms with Crippen LogP contribution >= 0.6 is 0 Å². The minimum Gasteiger partial charge on any atom is -0.449 e. The highest BCUT2D eigenvalue weighted by atomic mass is 16.6. The number of alkyl carbamates (subject to hydrolysis) is 1. The van der Waals surface area contributed by atoms with Crippen LogP contribution in [0.3, 0.4) is 0 Å². The second-order valence-corrected chi connectivity index (χ2v) is 7.76. The van der Waals surface area contributed by atoms with Crippen molar-refractivity contribution in [1.82, 2.24) is 5.32 Å². The van der Waals surface area contributed by atoms with Crippen LogP contribution in [0.4, 0.5) is 4.79 Å². The van der Waals surface area contributed by atoms with E-state index in [1.54, 1.807) is 0 Å². The number of hydrogen-bond donors (Lipinski definition) is 1. The third-order valence-corrected chi connectivity index (χ3v) is 6.19. The van der Waals surface area contributed by atoms with E-state index in [2.05, 4.69) is 51.2 Å². The summed E-state index contributed by atoms with van der Waals surface area (Å²) in [7, 11) is 0. The molecule has 0 aromatic carbocycles. The van der Waals surface area contributed by atoms with Gasteiger partial charge in [0, 0.05) is 17.9 Å². The molecule has 4 heteroatoms. The van der Waals surface area contributed by atoms with Gasteiger partial charge in [-0.15, -0.1) is 0 Å². The van der Waals surface area contributed by atoms with E-state index in [9.17, 15) is 4.79 Å². The van der Waals surface area contributed by atoms with E-state index in [-0.39, 0.29) is 17.6 Å². The van der Waals surface area contributed by atoms with Gasteiger partial charge in [0.2, 0.25) is 0 Å². The van der Waals surface area contributed by atoms with Crippen molar-refractivity contribution in [3.05, 3.63) is 23.8 Å². The molecule has 142 valence electrons. The van der Waals surface area contributed by atoms with Crippen LogP contribution in [-0.4, -0.2) is 32.0 Å². The molecular formula is C21H35NO3. The van der Waals surface area contributed by atoms with Crippen LogP contribution in [0.2, 0.25) is 0 Å². The van der Waals surface area contributed by atoms with E-state index in [0.29, 0.717) is 37.5 Å². The highest BCUT2D eigenvalue weighted by molar-refractivity contribution is 5.67. The number of carbonyl (C=O) groups is 1. The van der Waals surface area contributed by atoms with Crippen LogP contribution < -0.4 is 5.32 Å². The van der Waals surface area contributed by atoms with Gasteiger partial charge in [-0.05, 0) is 32.1 Å². The van der Waals surface area contributed by atoms with Crippen LogP contribution in [0.5, 0.6) is 0 Å². The maximum Gasteiger partial charge on any atom is 0.407 e. The van der Waals surface area contributed by atoms with E-state index >= 15 is 0 Å². The predicted molar refractivity (Wildman–Crippen MR) is 101 cm³/mol. The Labute approximate surface area is 153 Å². The van der Waals surface area contributed by atoms with Gasteiger partial charge in [0.05, 0.1) is 12.7 Å². The highest BCUT2D eigenvalue weighted by Gasteiger charge is 2.53. The Hall–Kier alpha value is -1.29. The number of amides is 1. The quantitative estimate of drug-likeness (QED) is 0.535. The van der Waals surface area contributed by atoms with Gasteiger partial charge in [-0.25, -0.2) is 4.79 Å². The van der Waals surface area contributed by atoms with E-state index in [0.717, 1.165) is 19.3 Å². The maximum absolute atomic E-state index is 12.1. The van der Waals surface area contributed by atoms with Crippen molar-refractivity contribution >= 4 is 6.09 Å². The molecule has 0 spiro atoms. The first-order valence-electron chi connectivity index (χ1n) is 9.79. The number of allylic oxidation sites excluding steroid dienone is 2. The molecule has 2 aliphatic rings. The van der Waals surface area contributed by atoms with Crippen molar-refractivity contribution in [2.45, 2.75) is 60.0 Å². The molecule has 0 unspecified atom stereocenters. The summed E-state index contributed by atoms with van der Waals surface area (Å²) in [5, 5.41) is 2.87. The first-order valence-corrected chi connectivity index (χ1v) is 9.79. The molecule has 0 aromatic heterocycles. The summed E-state index contributed by atoms with van der Waals surface area (Å²) in [6.07, 6.45) is 9.67. The fraction of sp³-hybridized carbons (Fsp3) is 0.762. The highest BCUT2D eigenvalue weighted by Crippen LogP contribution is 2.52. The molecule has 1 aliphatic heterocycles. The average molecular weight is 350 g/mol. The Morgan fingerprint density at radius 1 is 1.44 bits per heavy atom. The van der Waals surface area contributed by atoms with Gasteiger partial charge in [0.15, 0.2) is 0 Å². The molecule has 1 N–H and O–H groups in total. The Kier molecular flexibility index (Phi) is 7.12. The summed E-state index contributed by atoms with van der Waals surface area (Å²) in [6, 6.07) is 0. The Balaban J connectivity index is 2.02. The number of fused-ring (bicyclic) bond motifs is 2. The monoisotopic (exact) mass is 349 g/mol. The van der Waals surface area contributed by atoms with Crippen molar-refractivity contribution < 1.29 is 14.3 Å². The zero-order chi connectivity index (χ0) is 18.4. The molecule has 0 saturated carbocycles. The molecule has 1 heterocycles. The van der Waals surface area contributed by atoms with Gasteiger partial charge in [-0.3, -0.25) is 0 Å². The maximum atomic E-state index is 12.1. The lowest BCUT2D eigenvalue weighted by molar-refractivity contribution is -0.149. The predicted octanol–water partition coefficient (Wildman–Crippen LogP) is 4.71. The third kappa shape index (κ3) is 4.28. The van der Waals surface area contributed by atoms with E-state index in [1.807, 2.05) is 6.92 Å². The number of ether oxygens (including phenoxy) is 2. The van der Waals surface area contributed by atoms with Crippen molar-refractivity contribution in [2.24, 2.45) is 23.2 Å². The lowest BCUT2D eigenvalue weighted by atomic mass is 9.56.